The predicted molar refractivity (Wildman–Crippen MR) is 93.8 cm³/mol. The summed E-state index contributed by atoms with van der Waals surface area (Å²) in [4.78, 5) is 4.90. The van der Waals surface area contributed by atoms with E-state index in [-0.39, 0.29) is 5.41 Å². The average Bonchev–Trinajstić information content (AvgIpc) is 2.55. The fourth-order valence-corrected chi connectivity index (χ4v) is 2.47. The Morgan fingerprint density at radius 3 is 1.73 bits per heavy atom. The molecular formula is C21H21N. The van der Waals surface area contributed by atoms with Crippen LogP contribution in [0, 0.1) is 0 Å². The number of aromatic nitrogens is 1. The zero-order valence-electron chi connectivity index (χ0n) is 13.4. The highest BCUT2D eigenvalue weighted by Crippen LogP contribution is 2.30. The van der Waals surface area contributed by atoms with Crippen molar-refractivity contribution in [2.24, 2.45) is 0 Å². The van der Waals surface area contributed by atoms with Crippen molar-refractivity contribution in [1.29, 1.82) is 0 Å². The second kappa shape index (κ2) is 5.76. The Labute approximate surface area is 132 Å². The van der Waals surface area contributed by atoms with E-state index >= 15 is 0 Å². The molecule has 0 aliphatic rings. The monoisotopic (exact) mass is 287 g/mol. The molecule has 0 bridgehead atoms. The highest BCUT2D eigenvalue weighted by atomic mass is 14.7. The van der Waals surface area contributed by atoms with Crippen molar-refractivity contribution in [3.8, 4) is 22.4 Å². The lowest BCUT2D eigenvalue weighted by Gasteiger charge is -2.20. The van der Waals surface area contributed by atoms with Gasteiger partial charge in [-0.15, -0.1) is 0 Å². The minimum Gasteiger partial charge on any atom is -0.252 e. The maximum atomic E-state index is 4.90. The summed E-state index contributed by atoms with van der Waals surface area (Å²) in [6, 6.07) is 25.3. The van der Waals surface area contributed by atoms with Gasteiger partial charge in [-0.2, -0.15) is 0 Å². The Hall–Kier alpha value is -2.41. The van der Waals surface area contributed by atoms with E-state index in [9.17, 15) is 0 Å². The molecule has 0 atom stereocenters. The molecule has 0 radical (unpaired) electrons. The largest absolute Gasteiger partial charge is 0.252 e. The van der Waals surface area contributed by atoms with Gasteiger partial charge < -0.3 is 0 Å². The van der Waals surface area contributed by atoms with Gasteiger partial charge in [-0.25, -0.2) is 0 Å². The zero-order valence-corrected chi connectivity index (χ0v) is 13.4. The van der Waals surface area contributed by atoms with Crippen LogP contribution in [0.15, 0.2) is 72.8 Å². The van der Waals surface area contributed by atoms with Gasteiger partial charge in [0.2, 0.25) is 0 Å². The average molecular weight is 287 g/mol. The molecule has 110 valence electrons. The smallest absolute Gasteiger partial charge is 0.0711 e. The summed E-state index contributed by atoms with van der Waals surface area (Å²) in [5.74, 6) is 0. The van der Waals surface area contributed by atoms with Crippen molar-refractivity contribution < 1.29 is 0 Å². The van der Waals surface area contributed by atoms with Crippen LogP contribution in [0.25, 0.3) is 22.4 Å². The number of rotatable bonds is 2. The van der Waals surface area contributed by atoms with Gasteiger partial charge in [0.1, 0.15) is 0 Å². The summed E-state index contributed by atoms with van der Waals surface area (Å²) in [5, 5.41) is 0. The molecule has 0 amide bonds. The molecule has 0 aliphatic carbocycles. The normalized spacial score (nSPS) is 11.4. The second-order valence-electron chi connectivity index (χ2n) is 6.61. The lowest BCUT2D eigenvalue weighted by molar-refractivity contribution is 0.570. The molecule has 1 heteroatoms. The molecule has 0 N–H and O–H groups in total. The minimum atomic E-state index is 0.0221. The maximum absolute atomic E-state index is 4.90. The second-order valence-corrected chi connectivity index (χ2v) is 6.61. The number of pyridine rings is 1. The van der Waals surface area contributed by atoms with E-state index in [0.717, 1.165) is 17.0 Å². The topological polar surface area (TPSA) is 12.9 Å². The Morgan fingerprint density at radius 2 is 1.18 bits per heavy atom. The van der Waals surface area contributed by atoms with Gasteiger partial charge in [0, 0.05) is 16.7 Å². The van der Waals surface area contributed by atoms with Crippen LogP contribution < -0.4 is 0 Å². The first-order chi connectivity index (χ1) is 10.5. The Balaban J connectivity index is 2.19. The third-order valence-electron chi connectivity index (χ3n) is 3.77. The van der Waals surface area contributed by atoms with Gasteiger partial charge in [0.25, 0.3) is 0 Å². The summed E-state index contributed by atoms with van der Waals surface area (Å²) in [6.07, 6.45) is 0. The zero-order chi connectivity index (χ0) is 15.6. The summed E-state index contributed by atoms with van der Waals surface area (Å²) in [7, 11) is 0. The first kappa shape index (κ1) is 14.5. The molecule has 0 saturated carbocycles. The van der Waals surface area contributed by atoms with Crippen molar-refractivity contribution in [3.05, 3.63) is 78.5 Å². The van der Waals surface area contributed by atoms with E-state index in [1.807, 2.05) is 12.1 Å². The third kappa shape index (κ3) is 3.09. The van der Waals surface area contributed by atoms with E-state index in [2.05, 4.69) is 81.4 Å². The molecule has 0 unspecified atom stereocenters. The molecule has 0 fully saturated rings. The predicted octanol–water partition coefficient (Wildman–Crippen LogP) is 5.71. The Kier molecular flexibility index (Phi) is 3.81. The van der Waals surface area contributed by atoms with Crippen LogP contribution in [0.1, 0.15) is 26.5 Å². The van der Waals surface area contributed by atoms with Crippen molar-refractivity contribution in [2.75, 3.05) is 0 Å². The maximum Gasteiger partial charge on any atom is 0.0711 e. The number of benzene rings is 2. The van der Waals surface area contributed by atoms with Crippen molar-refractivity contribution >= 4 is 0 Å². The number of hydrogen-bond acceptors (Lipinski definition) is 1. The van der Waals surface area contributed by atoms with Crippen LogP contribution in [0.3, 0.4) is 0 Å². The molecule has 0 saturated heterocycles. The fraction of sp³-hybridized carbons (Fsp3) is 0.190. The lowest BCUT2D eigenvalue weighted by Crippen LogP contribution is -2.14. The van der Waals surface area contributed by atoms with E-state index in [4.69, 9.17) is 4.98 Å². The van der Waals surface area contributed by atoms with Crippen LogP contribution in [-0.4, -0.2) is 4.98 Å². The van der Waals surface area contributed by atoms with Gasteiger partial charge >= 0.3 is 0 Å². The molecule has 22 heavy (non-hydrogen) atoms. The van der Waals surface area contributed by atoms with Crippen LogP contribution in [0.2, 0.25) is 0 Å². The molecule has 3 rings (SSSR count). The van der Waals surface area contributed by atoms with Crippen LogP contribution in [-0.2, 0) is 5.41 Å². The van der Waals surface area contributed by atoms with Crippen LogP contribution in [0.4, 0.5) is 0 Å². The summed E-state index contributed by atoms with van der Waals surface area (Å²) in [6.45, 7) is 6.62. The summed E-state index contributed by atoms with van der Waals surface area (Å²) in [5.41, 5.74) is 5.78. The number of nitrogens with zero attached hydrogens (tertiary/aromatic N) is 1. The first-order valence-corrected chi connectivity index (χ1v) is 7.67. The van der Waals surface area contributed by atoms with Gasteiger partial charge in [0.15, 0.2) is 0 Å². The van der Waals surface area contributed by atoms with Crippen molar-refractivity contribution in [2.45, 2.75) is 26.2 Å². The summed E-state index contributed by atoms with van der Waals surface area (Å²) >= 11 is 0. The quantitative estimate of drug-likeness (QED) is 0.588. The van der Waals surface area contributed by atoms with Crippen LogP contribution >= 0.6 is 0 Å². The van der Waals surface area contributed by atoms with Gasteiger partial charge in [-0.1, -0.05) is 81.4 Å². The van der Waals surface area contributed by atoms with Crippen molar-refractivity contribution in [1.82, 2.24) is 4.98 Å². The van der Waals surface area contributed by atoms with Gasteiger partial charge in [-0.05, 0) is 23.3 Å². The highest BCUT2D eigenvalue weighted by Gasteiger charge is 2.18. The third-order valence-corrected chi connectivity index (χ3v) is 3.77. The van der Waals surface area contributed by atoms with Gasteiger partial charge in [0.05, 0.1) is 5.69 Å². The minimum absolute atomic E-state index is 0.0221. The summed E-state index contributed by atoms with van der Waals surface area (Å²) < 4.78 is 0. The Morgan fingerprint density at radius 1 is 0.636 bits per heavy atom. The molecule has 1 aromatic heterocycles. The van der Waals surface area contributed by atoms with Gasteiger partial charge in [-0.3, -0.25) is 4.98 Å². The Bertz CT molecular complexity index is 695. The molecule has 0 spiro atoms. The molecule has 1 nitrogen and oxygen atoms in total. The first-order valence-electron chi connectivity index (χ1n) is 7.67. The SMILES string of the molecule is CC(C)(C)c1cc(-c2ccccc2)cc(-c2ccccc2)n1. The van der Waals surface area contributed by atoms with Crippen LogP contribution in [0.5, 0.6) is 0 Å². The van der Waals surface area contributed by atoms with E-state index in [1.54, 1.807) is 0 Å². The molecular weight excluding hydrogens is 266 g/mol. The lowest BCUT2D eigenvalue weighted by atomic mass is 9.89. The highest BCUT2D eigenvalue weighted by molar-refractivity contribution is 5.71. The molecule has 2 aromatic carbocycles. The van der Waals surface area contributed by atoms with E-state index < -0.39 is 0 Å². The fourth-order valence-electron chi connectivity index (χ4n) is 2.47. The van der Waals surface area contributed by atoms with E-state index in [0.29, 0.717) is 0 Å². The molecule has 3 aromatic rings. The van der Waals surface area contributed by atoms with Crippen molar-refractivity contribution in [3.63, 3.8) is 0 Å². The molecule has 0 aliphatic heterocycles. The standard InChI is InChI=1S/C21H21N/c1-21(2,3)20-15-18(16-10-6-4-7-11-16)14-19(22-20)17-12-8-5-9-13-17/h4-15H,1-3H3. The molecule has 1 heterocycles. The van der Waals surface area contributed by atoms with E-state index in [1.165, 1.54) is 11.1 Å². The number of hydrogen-bond donors (Lipinski definition) is 0.